The molecule has 0 amide bonds. The zero-order valence-electron chi connectivity index (χ0n) is 11.8. The van der Waals surface area contributed by atoms with E-state index in [2.05, 4.69) is 41.6 Å². The third-order valence-electron chi connectivity index (χ3n) is 4.25. The summed E-state index contributed by atoms with van der Waals surface area (Å²) in [6.45, 7) is 2.10. The minimum absolute atomic E-state index is 0.0297. The molecule has 4 heteroatoms. The Morgan fingerprint density at radius 3 is 2.50 bits per heavy atom. The molecular weight excluding hydrogens is 248 g/mol. The van der Waals surface area contributed by atoms with Crippen LogP contribution in [-0.2, 0) is 11.8 Å². The SMILES string of the molecule is CCc1cc(NN)nc(C2(c3ccccc3)CCC2)n1. The quantitative estimate of drug-likeness (QED) is 0.661. The number of aryl methyl sites for hydroxylation is 1. The molecule has 1 aromatic heterocycles. The van der Waals surface area contributed by atoms with E-state index in [1.54, 1.807) is 0 Å². The van der Waals surface area contributed by atoms with E-state index in [9.17, 15) is 0 Å². The molecule has 0 atom stereocenters. The molecule has 1 heterocycles. The van der Waals surface area contributed by atoms with E-state index < -0.39 is 0 Å². The van der Waals surface area contributed by atoms with Crippen LogP contribution in [0.1, 0.15) is 43.3 Å². The third-order valence-corrected chi connectivity index (χ3v) is 4.25. The molecule has 0 bridgehead atoms. The summed E-state index contributed by atoms with van der Waals surface area (Å²) in [5.74, 6) is 7.15. The van der Waals surface area contributed by atoms with E-state index in [-0.39, 0.29) is 5.41 Å². The fourth-order valence-corrected chi connectivity index (χ4v) is 2.90. The maximum atomic E-state index is 5.54. The van der Waals surface area contributed by atoms with Gasteiger partial charge in [0.25, 0.3) is 0 Å². The van der Waals surface area contributed by atoms with Gasteiger partial charge in [-0.05, 0) is 24.8 Å². The van der Waals surface area contributed by atoms with E-state index in [1.165, 1.54) is 12.0 Å². The van der Waals surface area contributed by atoms with Crippen LogP contribution < -0.4 is 11.3 Å². The van der Waals surface area contributed by atoms with E-state index in [0.29, 0.717) is 5.82 Å². The second-order valence-electron chi connectivity index (χ2n) is 5.37. The Kier molecular flexibility index (Phi) is 3.40. The van der Waals surface area contributed by atoms with Crippen LogP contribution >= 0.6 is 0 Å². The van der Waals surface area contributed by atoms with Crippen LogP contribution in [0, 0.1) is 0 Å². The van der Waals surface area contributed by atoms with Crippen molar-refractivity contribution in [3.05, 3.63) is 53.5 Å². The van der Waals surface area contributed by atoms with Gasteiger partial charge in [0.05, 0.1) is 5.41 Å². The Morgan fingerprint density at radius 1 is 1.20 bits per heavy atom. The standard InChI is InChI=1S/C16H20N4/c1-2-13-11-14(20-17)19-15(18-13)16(9-6-10-16)12-7-4-3-5-8-12/h3-5,7-8,11H,2,6,9-10,17H2,1H3,(H,18,19,20). The number of nitrogens with two attached hydrogens (primary N) is 1. The van der Waals surface area contributed by atoms with Gasteiger partial charge in [0.1, 0.15) is 11.6 Å². The van der Waals surface area contributed by atoms with Gasteiger partial charge in [0.2, 0.25) is 0 Å². The maximum Gasteiger partial charge on any atom is 0.143 e. The first-order valence-corrected chi connectivity index (χ1v) is 7.19. The summed E-state index contributed by atoms with van der Waals surface area (Å²) in [5.41, 5.74) is 4.97. The normalized spacial score (nSPS) is 16.5. The number of nitrogens with one attached hydrogen (secondary N) is 1. The maximum absolute atomic E-state index is 5.54. The van der Waals surface area contributed by atoms with E-state index in [0.717, 1.165) is 30.8 Å². The van der Waals surface area contributed by atoms with Gasteiger partial charge in [0, 0.05) is 11.8 Å². The highest BCUT2D eigenvalue weighted by atomic mass is 15.3. The van der Waals surface area contributed by atoms with Crippen molar-refractivity contribution >= 4 is 5.82 Å². The van der Waals surface area contributed by atoms with Crippen molar-refractivity contribution in [2.75, 3.05) is 5.43 Å². The number of nitrogens with zero attached hydrogens (tertiary/aromatic N) is 2. The second-order valence-corrected chi connectivity index (χ2v) is 5.37. The molecule has 1 aliphatic carbocycles. The Morgan fingerprint density at radius 2 is 1.95 bits per heavy atom. The number of nitrogen functional groups attached to an aromatic ring is 1. The van der Waals surface area contributed by atoms with Gasteiger partial charge in [-0.3, -0.25) is 0 Å². The summed E-state index contributed by atoms with van der Waals surface area (Å²) in [6, 6.07) is 12.5. The van der Waals surface area contributed by atoms with E-state index in [1.807, 2.05) is 12.1 Å². The summed E-state index contributed by atoms with van der Waals surface area (Å²) in [4.78, 5) is 9.39. The number of anilines is 1. The van der Waals surface area contributed by atoms with Crippen molar-refractivity contribution < 1.29 is 0 Å². The van der Waals surface area contributed by atoms with Crippen LogP contribution in [-0.4, -0.2) is 9.97 Å². The third kappa shape index (κ3) is 2.06. The molecule has 0 spiro atoms. The monoisotopic (exact) mass is 268 g/mol. The minimum Gasteiger partial charge on any atom is -0.308 e. The molecule has 2 aromatic rings. The van der Waals surface area contributed by atoms with Gasteiger partial charge >= 0.3 is 0 Å². The van der Waals surface area contributed by atoms with Crippen LogP contribution in [0.4, 0.5) is 5.82 Å². The van der Waals surface area contributed by atoms with Crippen molar-refractivity contribution in [2.24, 2.45) is 5.84 Å². The molecule has 1 aliphatic rings. The number of rotatable bonds is 4. The average molecular weight is 268 g/mol. The number of aromatic nitrogens is 2. The van der Waals surface area contributed by atoms with Crippen molar-refractivity contribution in [3.63, 3.8) is 0 Å². The topological polar surface area (TPSA) is 63.8 Å². The van der Waals surface area contributed by atoms with Crippen molar-refractivity contribution in [1.82, 2.24) is 9.97 Å². The van der Waals surface area contributed by atoms with Crippen molar-refractivity contribution in [3.8, 4) is 0 Å². The Bertz CT molecular complexity index is 568. The van der Waals surface area contributed by atoms with Gasteiger partial charge in [-0.2, -0.15) is 0 Å². The lowest BCUT2D eigenvalue weighted by Crippen LogP contribution is -2.37. The fraction of sp³-hybridized carbons (Fsp3) is 0.375. The molecule has 1 fully saturated rings. The fourth-order valence-electron chi connectivity index (χ4n) is 2.90. The van der Waals surface area contributed by atoms with Crippen molar-refractivity contribution in [2.45, 2.75) is 38.0 Å². The van der Waals surface area contributed by atoms with Gasteiger partial charge in [-0.15, -0.1) is 0 Å². The van der Waals surface area contributed by atoms with Crippen LogP contribution in [0.2, 0.25) is 0 Å². The van der Waals surface area contributed by atoms with Gasteiger partial charge in [-0.25, -0.2) is 15.8 Å². The molecule has 4 nitrogen and oxygen atoms in total. The first-order valence-electron chi connectivity index (χ1n) is 7.19. The second kappa shape index (κ2) is 5.21. The molecule has 0 aliphatic heterocycles. The lowest BCUT2D eigenvalue weighted by atomic mass is 9.64. The molecule has 3 rings (SSSR count). The summed E-state index contributed by atoms with van der Waals surface area (Å²) >= 11 is 0. The Labute approximate surface area is 119 Å². The van der Waals surface area contributed by atoms with Gasteiger partial charge < -0.3 is 5.43 Å². The molecule has 1 aromatic carbocycles. The zero-order chi connectivity index (χ0) is 14.0. The number of hydrogen-bond donors (Lipinski definition) is 2. The summed E-state index contributed by atoms with van der Waals surface area (Å²) < 4.78 is 0. The van der Waals surface area contributed by atoms with Crippen LogP contribution in [0.5, 0.6) is 0 Å². The summed E-state index contributed by atoms with van der Waals surface area (Å²) in [7, 11) is 0. The Hall–Kier alpha value is -1.94. The number of hydrogen-bond acceptors (Lipinski definition) is 4. The lowest BCUT2D eigenvalue weighted by molar-refractivity contribution is 0.284. The summed E-state index contributed by atoms with van der Waals surface area (Å²) in [6.07, 6.45) is 4.32. The highest BCUT2D eigenvalue weighted by molar-refractivity contribution is 5.41. The van der Waals surface area contributed by atoms with Gasteiger partial charge in [0.15, 0.2) is 0 Å². The lowest BCUT2D eigenvalue weighted by Gasteiger charge is -2.41. The molecule has 20 heavy (non-hydrogen) atoms. The molecular formula is C16H20N4. The van der Waals surface area contributed by atoms with Crippen LogP contribution in [0.15, 0.2) is 36.4 Å². The average Bonchev–Trinajstić information content (AvgIpc) is 2.47. The molecule has 3 N–H and O–H groups in total. The smallest absolute Gasteiger partial charge is 0.143 e. The number of hydrazine groups is 1. The van der Waals surface area contributed by atoms with E-state index >= 15 is 0 Å². The van der Waals surface area contributed by atoms with Gasteiger partial charge in [-0.1, -0.05) is 43.7 Å². The first-order chi connectivity index (χ1) is 9.78. The van der Waals surface area contributed by atoms with Crippen molar-refractivity contribution in [1.29, 1.82) is 0 Å². The molecule has 0 unspecified atom stereocenters. The molecule has 0 radical (unpaired) electrons. The zero-order valence-corrected chi connectivity index (χ0v) is 11.8. The molecule has 1 saturated carbocycles. The first kappa shape index (κ1) is 13.1. The summed E-state index contributed by atoms with van der Waals surface area (Å²) in [5, 5.41) is 0. The highest BCUT2D eigenvalue weighted by Gasteiger charge is 2.43. The van der Waals surface area contributed by atoms with E-state index in [4.69, 9.17) is 10.8 Å². The predicted molar refractivity (Wildman–Crippen MR) is 80.3 cm³/mol. The minimum atomic E-state index is -0.0297. The van der Waals surface area contributed by atoms with Crippen LogP contribution in [0.25, 0.3) is 0 Å². The largest absolute Gasteiger partial charge is 0.308 e. The predicted octanol–water partition coefficient (Wildman–Crippen LogP) is 2.79. The molecule has 0 saturated heterocycles. The number of benzene rings is 1. The van der Waals surface area contributed by atoms with Crippen LogP contribution in [0.3, 0.4) is 0 Å². The highest BCUT2D eigenvalue weighted by Crippen LogP contribution is 2.47. The molecule has 104 valence electrons. The Balaban J connectivity index is 2.10.